The number of aryl methyl sites for hydroxylation is 1. The van der Waals surface area contributed by atoms with Crippen LogP contribution in [0.5, 0.6) is 0 Å². The summed E-state index contributed by atoms with van der Waals surface area (Å²) in [4.78, 5) is 21.3. The van der Waals surface area contributed by atoms with E-state index in [0.717, 1.165) is 46.8 Å². The molecule has 0 spiro atoms. The first kappa shape index (κ1) is 39.4. The van der Waals surface area contributed by atoms with Gasteiger partial charge in [-0.05, 0) is 68.0 Å². The van der Waals surface area contributed by atoms with Crippen LogP contribution in [0.15, 0.2) is 89.9 Å². The number of benzene rings is 2. The molecular formula is C39H51FN2O6S. The predicted molar refractivity (Wildman–Crippen MR) is 194 cm³/mol. The normalized spacial score (nSPS) is 14.8. The second kappa shape index (κ2) is 21.1. The van der Waals surface area contributed by atoms with Crippen molar-refractivity contribution in [3.8, 4) is 0 Å². The molecule has 49 heavy (non-hydrogen) atoms. The monoisotopic (exact) mass is 694 g/mol. The van der Waals surface area contributed by atoms with Crippen LogP contribution >= 0.6 is 0 Å². The van der Waals surface area contributed by atoms with Gasteiger partial charge in [-0.25, -0.2) is 22.3 Å². The van der Waals surface area contributed by atoms with Crippen molar-refractivity contribution in [3.63, 3.8) is 0 Å². The zero-order valence-corrected chi connectivity index (χ0v) is 29.3. The van der Waals surface area contributed by atoms with Crippen molar-refractivity contribution in [1.29, 1.82) is 0 Å². The van der Waals surface area contributed by atoms with Gasteiger partial charge in [0.05, 0.1) is 11.3 Å². The number of hydrogen-bond acceptors (Lipinski definition) is 4. The van der Waals surface area contributed by atoms with Gasteiger partial charge in [0.25, 0.3) is 0 Å². The standard InChI is InChI=1S/C21H21FN2O4S.C18H30O2/c22-14-5-8-16(9-6-14)29(27,28)23-15-7-10-20-18(13-15)17-3-1-2-4-19(17)24(20)12-11-21(25)26;1-2-3-4-5-6-7-8-9-10-11-12-13-14-15-16-17-18(19)20/h1-6,8-9,15,23H,7,10-13H2,(H,25,26);12-17H,2-11H2,1H3,(H,19,20)/b;13-12+,15-14+,17-16+/t15-;/m1./s1. The molecule has 1 aliphatic carbocycles. The van der Waals surface area contributed by atoms with Crippen molar-refractivity contribution < 1.29 is 32.6 Å². The first-order valence-corrected chi connectivity index (χ1v) is 18.9. The molecule has 3 aromatic rings. The van der Waals surface area contributed by atoms with Gasteiger partial charge in [-0.1, -0.05) is 107 Å². The number of para-hydroxylation sites is 1. The first-order valence-electron chi connectivity index (χ1n) is 17.4. The Morgan fingerprint density at radius 2 is 1.55 bits per heavy atom. The molecule has 8 nitrogen and oxygen atoms in total. The third kappa shape index (κ3) is 13.8. The van der Waals surface area contributed by atoms with Gasteiger partial charge in [-0.3, -0.25) is 4.79 Å². The van der Waals surface area contributed by atoms with E-state index in [1.807, 2.05) is 41.0 Å². The Morgan fingerprint density at radius 1 is 0.898 bits per heavy atom. The Labute approximate surface area is 290 Å². The second-order valence-corrected chi connectivity index (χ2v) is 14.1. The van der Waals surface area contributed by atoms with Crippen LogP contribution in [0.25, 0.3) is 10.9 Å². The molecule has 1 aliphatic rings. The fourth-order valence-corrected chi connectivity index (χ4v) is 7.35. The van der Waals surface area contributed by atoms with Crippen molar-refractivity contribution in [2.24, 2.45) is 0 Å². The summed E-state index contributed by atoms with van der Waals surface area (Å²) in [5, 5.41) is 18.5. The lowest BCUT2D eigenvalue weighted by Crippen LogP contribution is -2.39. The number of rotatable bonds is 19. The highest BCUT2D eigenvalue weighted by molar-refractivity contribution is 7.89. The van der Waals surface area contributed by atoms with E-state index in [-0.39, 0.29) is 17.4 Å². The van der Waals surface area contributed by atoms with E-state index in [1.54, 1.807) is 6.08 Å². The minimum Gasteiger partial charge on any atom is -0.481 e. The summed E-state index contributed by atoms with van der Waals surface area (Å²) >= 11 is 0. The largest absolute Gasteiger partial charge is 0.481 e. The number of aromatic nitrogens is 1. The molecule has 0 unspecified atom stereocenters. The number of unbranched alkanes of at least 4 members (excludes halogenated alkanes) is 9. The van der Waals surface area contributed by atoms with Gasteiger partial charge in [0.15, 0.2) is 0 Å². The summed E-state index contributed by atoms with van der Waals surface area (Å²) in [6.45, 7) is 2.64. The molecule has 0 aliphatic heterocycles. The summed E-state index contributed by atoms with van der Waals surface area (Å²) in [5.41, 5.74) is 3.11. The van der Waals surface area contributed by atoms with Crippen molar-refractivity contribution in [2.75, 3.05) is 0 Å². The fraction of sp³-hybridized carbons (Fsp3) is 0.436. The van der Waals surface area contributed by atoms with Crippen LogP contribution in [0.3, 0.4) is 0 Å². The molecule has 1 atom stereocenters. The zero-order chi connectivity index (χ0) is 35.5. The van der Waals surface area contributed by atoms with Gasteiger partial charge in [-0.15, -0.1) is 0 Å². The molecule has 0 amide bonds. The van der Waals surface area contributed by atoms with Gasteiger partial charge < -0.3 is 14.8 Å². The Bertz CT molecular complexity index is 1680. The summed E-state index contributed by atoms with van der Waals surface area (Å²) in [7, 11) is -3.75. The second-order valence-electron chi connectivity index (χ2n) is 12.4. The van der Waals surface area contributed by atoms with Gasteiger partial charge in [0, 0.05) is 35.3 Å². The number of aliphatic carboxylic acids is 2. The molecule has 0 saturated heterocycles. The third-order valence-corrected chi connectivity index (χ3v) is 10.1. The fourth-order valence-electron chi connectivity index (χ4n) is 6.08. The van der Waals surface area contributed by atoms with E-state index in [0.29, 0.717) is 25.8 Å². The molecule has 0 radical (unpaired) electrons. The van der Waals surface area contributed by atoms with Crippen LogP contribution in [0.4, 0.5) is 4.39 Å². The van der Waals surface area contributed by atoms with Crippen LogP contribution in [-0.2, 0) is 39.0 Å². The Balaban J connectivity index is 0.000000288. The van der Waals surface area contributed by atoms with Gasteiger partial charge in [0.1, 0.15) is 5.82 Å². The number of carboxylic acid groups (broad SMARTS) is 2. The number of hydrogen-bond donors (Lipinski definition) is 3. The van der Waals surface area contributed by atoms with Crippen LogP contribution in [0, 0.1) is 5.82 Å². The van der Waals surface area contributed by atoms with E-state index in [2.05, 4.69) is 17.7 Å². The molecule has 266 valence electrons. The van der Waals surface area contributed by atoms with E-state index >= 15 is 0 Å². The Morgan fingerprint density at radius 3 is 2.22 bits per heavy atom. The molecular weight excluding hydrogens is 644 g/mol. The summed E-state index contributed by atoms with van der Waals surface area (Å²) in [5.74, 6) is -2.24. The maximum absolute atomic E-state index is 13.1. The molecule has 4 rings (SSSR count). The number of sulfonamides is 1. The smallest absolute Gasteiger partial charge is 0.328 e. The van der Waals surface area contributed by atoms with Crippen LogP contribution in [-0.4, -0.2) is 41.2 Å². The Hall–Kier alpha value is -4.02. The predicted octanol–water partition coefficient (Wildman–Crippen LogP) is 8.75. The number of nitrogens with zero attached hydrogens (tertiary/aromatic N) is 1. The minimum absolute atomic E-state index is 0.0335. The molecule has 2 aromatic carbocycles. The highest BCUT2D eigenvalue weighted by atomic mass is 32.2. The van der Waals surface area contributed by atoms with Crippen molar-refractivity contribution in [2.45, 2.75) is 114 Å². The minimum atomic E-state index is -3.75. The third-order valence-electron chi connectivity index (χ3n) is 8.55. The van der Waals surface area contributed by atoms with Crippen LogP contribution in [0.1, 0.15) is 95.2 Å². The molecule has 0 bridgehead atoms. The lowest BCUT2D eigenvalue weighted by Gasteiger charge is -2.25. The molecule has 10 heteroatoms. The first-order chi connectivity index (χ1) is 23.6. The number of nitrogens with one attached hydrogen (secondary N) is 1. The number of halogens is 1. The van der Waals surface area contributed by atoms with E-state index in [9.17, 15) is 22.4 Å². The SMILES string of the molecule is CCCCCCCCCCC/C=C/C=C/C=C/C(=O)O.O=C(O)CCn1c2c(c3ccccc31)C[C@H](NS(=O)(=O)c1ccc(F)cc1)CC2. The number of carboxylic acids is 2. The molecule has 0 fully saturated rings. The van der Waals surface area contributed by atoms with E-state index in [1.165, 1.54) is 76.0 Å². The maximum atomic E-state index is 13.1. The highest BCUT2D eigenvalue weighted by Gasteiger charge is 2.28. The number of carbonyl (C=O) groups is 2. The van der Waals surface area contributed by atoms with Crippen molar-refractivity contribution in [3.05, 3.63) is 102 Å². The number of allylic oxidation sites excluding steroid dienone is 5. The summed E-state index contributed by atoms with van der Waals surface area (Å²) in [6, 6.07) is 12.3. The van der Waals surface area contributed by atoms with Crippen molar-refractivity contribution in [1.82, 2.24) is 9.29 Å². The average molecular weight is 695 g/mol. The molecule has 1 heterocycles. The van der Waals surface area contributed by atoms with Crippen LogP contribution < -0.4 is 4.72 Å². The maximum Gasteiger partial charge on any atom is 0.328 e. The summed E-state index contributed by atoms with van der Waals surface area (Å²) in [6.07, 6.45) is 25.6. The number of fused-ring (bicyclic) bond motifs is 3. The summed E-state index contributed by atoms with van der Waals surface area (Å²) < 4.78 is 43.2. The molecule has 3 N–H and O–H groups in total. The Kier molecular flexibility index (Phi) is 17.0. The quantitative estimate of drug-likeness (QED) is 0.0655. The molecule has 0 saturated carbocycles. The topological polar surface area (TPSA) is 126 Å². The van der Waals surface area contributed by atoms with Gasteiger partial charge in [0.2, 0.25) is 10.0 Å². The van der Waals surface area contributed by atoms with Crippen molar-refractivity contribution >= 4 is 32.9 Å². The van der Waals surface area contributed by atoms with E-state index in [4.69, 9.17) is 10.2 Å². The lowest BCUT2D eigenvalue weighted by atomic mass is 9.92. The van der Waals surface area contributed by atoms with Gasteiger partial charge >= 0.3 is 11.9 Å². The zero-order valence-electron chi connectivity index (χ0n) is 28.5. The van der Waals surface area contributed by atoms with Gasteiger partial charge in [-0.2, -0.15) is 0 Å². The average Bonchev–Trinajstić information content (AvgIpc) is 3.38. The lowest BCUT2D eigenvalue weighted by molar-refractivity contribution is -0.137. The molecule has 1 aromatic heterocycles. The highest BCUT2D eigenvalue weighted by Crippen LogP contribution is 2.33. The van der Waals surface area contributed by atoms with E-state index < -0.39 is 27.8 Å². The van der Waals surface area contributed by atoms with Crippen LogP contribution in [0.2, 0.25) is 0 Å².